The van der Waals surface area contributed by atoms with Gasteiger partial charge in [-0.1, -0.05) is 45.4 Å². The molecule has 192 valence electrons. The van der Waals surface area contributed by atoms with E-state index in [1.54, 1.807) is 12.1 Å². The van der Waals surface area contributed by atoms with E-state index in [0.717, 1.165) is 5.56 Å². The van der Waals surface area contributed by atoms with E-state index in [4.69, 9.17) is 16.6 Å². The summed E-state index contributed by atoms with van der Waals surface area (Å²) in [5.41, 5.74) is 1.22. The smallest absolute Gasteiger partial charge is 0.163 e. The second-order valence-corrected chi connectivity index (χ2v) is 12.4. The maximum atomic E-state index is 13.6. The quantitative estimate of drug-likeness (QED) is 0.397. The minimum atomic E-state index is -1.08. The van der Waals surface area contributed by atoms with Crippen molar-refractivity contribution in [2.24, 2.45) is 16.7 Å². The Hall–Kier alpha value is -3.25. The fourth-order valence-corrected chi connectivity index (χ4v) is 6.11. The number of nitrogens with zero attached hydrogens (tertiary/aromatic N) is 2. The summed E-state index contributed by atoms with van der Waals surface area (Å²) in [6.07, 6.45) is 2.83. The van der Waals surface area contributed by atoms with Crippen molar-refractivity contribution in [1.82, 2.24) is 9.38 Å². The van der Waals surface area contributed by atoms with Gasteiger partial charge in [-0.25, -0.2) is 4.98 Å². The van der Waals surface area contributed by atoms with Crippen molar-refractivity contribution < 1.29 is 19.5 Å². The summed E-state index contributed by atoms with van der Waals surface area (Å²) in [6.45, 7) is 7.67. The highest BCUT2D eigenvalue weighted by molar-refractivity contribution is 6.30. The van der Waals surface area contributed by atoms with E-state index in [1.165, 1.54) is 0 Å². The lowest BCUT2D eigenvalue weighted by atomic mass is 9.63. The molecular formula is C30H31ClN2O4. The lowest BCUT2D eigenvalue weighted by Gasteiger charge is -2.38. The normalized spacial score (nSPS) is 21.1. The highest BCUT2D eigenvalue weighted by atomic mass is 35.5. The summed E-state index contributed by atoms with van der Waals surface area (Å²) >= 11 is 6.11. The molecule has 5 rings (SSSR count). The van der Waals surface area contributed by atoms with Gasteiger partial charge in [-0.2, -0.15) is 0 Å². The number of benzene rings is 1. The van der Waals surface area contributed by atoms with E-state index in [1.807, 2.05) is 68.6 Å². The molecule has 0 radical (unpaired) electrons. The molecule has 6 nitrogen and oxygen atoms in total. The summed E-state index contributed by atoms with van der Waals surface area (Å²) in [6, 6.07) is 12.9. The number of imidazole rings is 1. The van der Waals surface area contributed by atoms with Crippen LogP contribution in [0.25, 0.3) is 16.9 Å². The van der Waals surface area contributed by atoms with Gasteiger partial charge in [-0.3, -0.25) is 18.8 Å². The SMILES string of the molecule is CC1(C)CC(=O)C([C@H](C2=C(O)CC(C)(C)CC2=O)c2nc(-c3ccc(Cl)cc3)n3ccccc23)C(=O)C1. The molecule has 2 aliphatic carbocycles. The first-order valence-corrected chi connectivity index (χ1v) is 13.0. The molecule has 0 saturated heterocycles. The van der Waals surface area contributed by atoms with Gasteiger partial charge in [-0.15, -0.1) is 0 Å². The first-order chi connectivity index (χ1) is 17.4. The fourth-order valence-electron chi connectivity index (χ4n) is 5.99. The largest absolute Gasteiger partial charge is 0.512 e. The third kappa shape index (κ3) is 4.63. The van der Waals surface area contributed by atoms with Crippen LogP contribution in [0.15, 0.2) is 60.0 Å². The Labute approximate surface area is 221 Å². The molecule has 0 bridgehead atoms. The Balaban J connectivity index is 1.77. The van der Waals surface area contributed by atoms with Gasteiger partial charge in [0.2, 0.25) is 0 Å². The van der Waals surface area contributed by atoms with Crippen molar-refractivity contribution in [3.05, 3.63) is 70.7 Å². The molecule has 1 aromatic carbocycles. The van der Waals surface area contributed by atoms with E-state index >= 15 is 0 Å². The predicted molar refractivity (Wildman–Crippen MR) is 143 cm³/mol. The number of ketones is 3. The molecule has 0 amide bonds. The van der Waals surface area contributed by atoms with Crippen LogP contribution in [-0.4, -0.2) is 31.8 Å². The summed E-state index contributed by atoms with van der Waals surface area (Å²) in [5.74, 6) is -2.16. The van der Waals surface area contributed by atoms with Crippen LogP contribution in [-0.2, 0) is 14.4 Å². The van der Waals surface area contributed by atoms with Gasteiger partial charge in [0.1, 0.15) is 23.2 Å². The van der Waals surface area contributed by atoms with E-state index in [9.17, 15) is 19.5 Å². The minimum absolute atomic E-state index is 0.0539. The number of pyridine rings is 1. The zero-order valence-corrected chi connectivity index (χ0v) is 22.3. The summed E-state index contributed by atoms with van der Waals surface area (Å²) in [5, 5.41) is 11.8. The van der Waals surface area contributed by atoms with Gasteiger partial charge in [-0.05, 0) is 47.2 Å². The van der Waals surface area contributed by atoms with Crippen LogP contribution in [0.2, 0.25) is 5.02 Å². The molecule has 0 unspecified atom stereocenters. The number of Topliss-reactive ketones (excluding diaryl/α,β-unsaturated/α-hetero) is 3. The van der Waals surface area contributed by atoms with Crippen molar-refractivity contribution in [2.75, 3.05) is 0 Å². The number of aliphatic hydroxyl groups is 1. The molecule has 2 heterocycles. The van der Waals surface area contributed by atoms with Gasteiger partial charge in [0.05, 0.1) is 23.0 Å². The molecule has 7 heteroatoms. The molecule has 3 aromatic rings. The summed E-state index contributed by atoms with van der Waals surface area (Å²) in [4.78, 5) is 45.7. The van der Waals surface area contributed by atoms with Crippen LogP contribution in [0.5, 0.6) is 0 Å². The van der Waals surface area contributed by atoms with Gasteiger partial charge in [0.25, 0.3) is 0 Å². The second-order valence-electron chi connectivity index (χ2n) is 12.0. The highest BCUT2D eigenvalue weighted by Crippen LogP contribution is 2.48. The average Bonchev–Trinajstić information content (AvgIpc) is 3.15. The molecule has 1 N–H and O–H groups in total. The highest BCUT2D eigenvalue weighted by Gasteiger charge is 2.49. The first-order valence-electron chi connectivity index (χ1n) is 12.6. The van der Waals surface area contributed by atoms with Crippen LogP contribution in [0.4, 0.5) is 0 Å². The maximum absolute atomic E-state index is 13.6. The molecule has 1 saturated carbocycles. The van der Waals surface area contributed by atoms with Crippen LogP contribution >= 0.6 is 11.6 Å². The van der Waals surface area contributed by atoms with Crippen molar-refractivity contribution >= 4 is 34.5 Å². The van der Waals surface area contributed by atoms with Crippen LogP contribution in [0.3, 0.4) is 0 Å². The number of hydrogen-bond donors (Lipinski definition) is 1. The number of carbonyl (C=O) groups is 3. The van der Waals surface area contributed by atoms with Crippen molar-refractivity contribution in [3.63, 3.8) is 0 Å². The Morgan fingerprint density at radius 1 is 0.919 bits per heavy atom. The van der Waals surface area contributed by atoms with E-state index in [-0.39, 0.29) is 47.9 Å². The number of fused-ring (bicyclic) bond motifs is 1. The second kappa shape index (κ2) is 8.95. The van der Waals surface area contributed by atoms with Crippen LogP contribution in [0, 0.1) is 16.7 Å². The fraction of sp³-hybridized carbons (Fsp3) is 0.400. The number of aliphatic hydroxyl groups excluding tert-OH is 1. The predicted octanol–water partition coefficient (Wildman–Crippen LogP) is 6.51. The number of halogens is 1. The summed E-state index contributed by atoms with van der Waals surface area (Å²) < 4.78 is 1.89. The molecule has 0 spiro atoms. The Bertz CT molecular complexity index is 1440. The number of aromatic nitrogens is 2. The van der Waals surface area contributed by atoms with Gasteiger partial charge in [0, 0.05) is 48.0 Å². The molecule has 2 aliphatic rings. The van der Waals surface area contributed by atoms with Crippen molar-refractivity contribution in [3.8, 4) is 11.4 Å². The van der Waals surface area contributed by atoms with E-state index in [2.05, 4.69) is 0 Å². The number of hydrogen-bond acceptors (Lipinski definition) is 5. The monoisotopic (exact) mass is 518 g/mol. The van der Waals surface area contributed by atoms with Crippen molar-refractivity contribution in [1.29, 1.82) is 0 Å². The molecule has 2 aromatic heterocycles. The number of rotatable bonds is 4. The van der Waals surface area contributed by atoms with Crippen LogP contribution in [0.1, 0.15) is 65.0 Å². The van der Waals surface area contributed by atoms with Crippen LogP contribution < -0.4 is 0 Å². The third-order valence-electron chi connectivity index (χ3n) is 7.51. The summed E-state index contributed by atoms with van der Waals surface area (Å²) in [7, 11) is 0. The van der Waals surface area contributed by atoms with E-state index < -0.39 is 22.7 Å². The standard InChI is InChI=1S/C30H31ClN2O4/c1-29(2)13-20(34)24(21(35)14-29)26(25-22(36)15-30(3,4)16-23(25)37)27-19-7-5-6-12-33(19)28(32-27)17-8-10-18(31)11-9-17/h5-12,24,26,36H,13-16H2,1-4H3/t26-/m1/s1. The van der Waals surface area contributed by atoms with Crippen molar-refractivity contribution in [2.45, 2.75) is 59.3 Å². The number of allylic oxidation sites excluding steroid dienone is 2. The third-order valence-corrected chi connectivity index (χ3v) is 7.77. The molecule has 1 fully saturated rings. The molecule has 0 aliphatic heterocycles. The minimum Gasteiger partial charge on any atom is -0.512 e. The van der Waals surface area contributed by atoms with Gasteiger partial charge < -0.3 is 5.11 Å². The Morgan fingerprint density at radius 2 is 1.54 bits per heavy atom. The Morgan fingerprint density at radius 3 is 2.16 bits per heavy atom. The van der Waals surface area contributed by atoms with Gasteiger partial charge in [0.15, 0.2) is 5.78 Å². The zero-order valence-electron chi connectivity index (χ0n) is 21.5. The maximum Gasteiger partial charge on any atom is 0.163 e. The zero-order chi connectivity index (χ0) is 26.7. The molecule has 37 heavy (non-hydrogen) atoms. The topological polar surface area (TPSA) is 88.7 Å². The number of carbonyl (C=O) groups excluding carboxylic acids is 3. The molecular weight excluding hydrogens is 488 g/mol. The molecule has 1 atom stereocenters. The lowest BCUT2D eigenvalue weighted by Crippen LogP contribution is -2.43. The average molecular weight is 519 g/mol. The first kappa shape index (κ1) is 25.4. The lowest BCUT2D eigenvalue weighted by molar-refractivity contribution is -0.140. The van der Waals surface area contributed by atoms with Gasteiger partial charge >= 0.3 is 0 Å². The van der Waals surface area contributed by atoms with E-state index in [0.29, 0.717) is 28.5 Å². The Kier molecular flexibility index (Phi) is 6.14.